The summed E-state index contributed by atoms with van der Waals surface area (Å²) in [6.07, 6.45) is 5.48. The minimum absolute atomic E-state index is 0.240. The van der Waals surface area contributed by atoms with E-state index in [-0.39, 0.29) is 5.56 Å². The maximum absolute atomic E-state index is 10.8. The Bertz CT molecular complexity index is 1200. The number of terminal acetylenes is 1. The van der Waals surface area contributed by atoms with Crippen LogP contribution in [0.4, 0.5) is 0 Å². The van der Waals surface area contributed by atoms with Gasteiger partial charge < -0.3 is 5.11 Å². The first kappa shape index (κ1) is 18.1. The first-order valence-corrected chi connectivity index (χ1v) is 8.90. The van der Waals surface area contributed by atoms with Crippen LogP contribution in [0, 0.1) is 12.3 Å². The van der Waals surface area contributed by atoms with E-state index in [4.69, 9.17) is 11.5 Å². The third-order valence-electron chi connectivity index (χ3n) is 4.41. The number of nitrogens with zero attached hydrogens (tertiary/aromatic N) is 4. The summed E-state index contributed by atoms with van der Waals surface area (Å²) < 4.78 is 0. The van der Waals surface area contributed by atoms with E-state index in [0.29, 0.717) is 17.9 Å². The molecule has 0 unspecified atom stereocenters. The Morgan fingerprint density at radius 2 is 1.72 bits per heavy atom. The Labute approximate surface area is 167 Å². The predicted octanol–water partition coefficient (Wildman–Crippen LogP) is 3.73. The van der Waals surface area contributed by atoms with Gasteiger partial charge in [0.1, 0.15) is 0 Å². The number of aromatic nitrogens is 4. The molecule has 2 aromatic carbocycles. The summed E-state index contributed by atoms with van der Waals surface area (Å²) in [6, 6.07) is 22.4. The predicted molar refractivity (Wildman–Crippen MR) is 109 cm³/mol. The van der Waals surface area contributed by atoms with Crippen molar-refractivity contribution >= 4 is 5.97 Å². The second-order valence-corrected chi connectivity index (χ2v) is 6.42. The van der Waals surface area contributed by atoms with Crippen molar-refractivity contribution in [3.05, 3.63) is 89.5 Å². The first-order chi connectivity index (χ1) is 14.1. The number of carboxylic acids is 1. The maximum atomic E-state index is 10.8. The quantitative estimate of drug-likeness (QED) is 0.481. The standard InChI is InChI=1S/C17H12N4O2.C6H4/c1-2-13-5-3-4-6-15(13)16-18-20-21(19-16)11-12-7-9-14(10-8-12)17(22)23;1-2-5-4-6(5)3-1/h1,3-10H,11H2,(H,22,23);1-4H. The van der Waals surface area contributed by atoms with Gasteiger partial charge in [-0.15, -0.1) is 16.6 Å². The Morgan fingerprint density at radius 3 is 2.31 bits per heavy atom. The van der Waals surface area contributed by atoms with Gasteiger partial charge in [-0.1, -0.05) is 48.4 Å². The van der Waals surface area contributed by atoms with Crippen molar-refractivity contribution < 1.29 is 9.90 Å². The number of aromatic carboxylic acids is 1. The second-order valence-electron chi connectivity index (χ2n) is 6.42. The summed E-state index contributed by atoms with van der Waals surface area (Å²) in [4.78, 5) is 12.3. The van der Waals surface area contributed by atoms with Crippen molar-refractivity contribution in [2.75, 3.05) is 0 Å². The number of carbonyl (C=O) groups is 1. The Kier molecular flexibility index (Phi) is 4.87. The fourth-order valence-corrected chi connectivity index (χ4v) is 2.81. The second kappa shape index (κ2) is 7.79. The van der Waals surface area contributed by atoms with Crippen molar-refractivity contribution in [3.63, 3.8) is 0 Å². The van der Waals surface area contributed by atoms with Crippen LogP contribution < -0.4 is 0 Å². The molecule has 0 radical (unpaired) electrons. The van der Waals surface area contributed by atoms with Gasteiger partial charge in [0.2, 0.25) is 5.82 Å². The highest BCUT2D eigenvalue weighted by Gasteiger charge is 2.10. The zero-order valence-corrected chi connectivity index (χ0v) is 15.4. The van der Waals surface area contributed by atoms with E-state index in [2.05, 4.69) is 45.6 Å². The Balaban J connectivity index is 0.000000286. The average molecular weight is 380 g/mol. The zero-order valence-electron chi connectivity index (χ0n) is 15.4. The molecular formula is C23H16N4O2. The highest BCUT2D eigenvalue weighted by molar-refractivity contribution is 5.87. The van der Waals surface area contributed by atoms with E-state index in [1.807, 2.05) is 24.3 Å². The number of carboxylic acid groups (broad SMARTS) is 1. The van der Waals surface area contributed by atoms with E-state index in [9.17, 15) is 4.79 Å². The number of rotatable bonds is 4. The van der Waals surface area contributed by atoms with Crippen molar-refractivity contribution in [2.45, 2.75) is 6.54 Å². The number of hydrogen-bond acceptors (Lipinski definition) is 4. The van der Waals surface area contributed by atoms with Crippen molar-refractivity contribution in [2.24, 2.45) is 0 Å². The summed E-state index contributed by atoms with van der Waals surface area (Å²) in [7, 11) is 0. The van der Waals surface area contributed by atoms with Gasteiger partial charge in [0, 0.05) is 11.1 Å². The zero-order chi connectivity index (χ0) is 20.2. The van der Waals surface area contributed by atoms with Gasteiger partial charge in [0.25, 0.3) is 0 Å². The van der Waals surface area contributed by atoms with Crippen molar-refractivity contribution in [3.8, 4) is 34.9 Å². The van der Waals surface area contributed by atoms with Crippen LogP contribution in [0.1, 0.15) is 21.5 Å². The van der Waals surface area contributed by atoms with Gasteiger partial charge in [-0.05, 0) is 52.2 Å². The number of hydrogen-bond donors (Lipinski definition) is 1. The van der Waals surface area contributed by atoms with Crippen LogP contribution in [-0.2, 0) is 6.54 Å². The minimum atomic E-state index is -0.955. The molecule has 0 saturated carbocycles. The lowest BCUT2D eigenvalue weighted by molar-refractivity contribution is 0.0697. The molecule has 2 aliphatic carbocycles. The Morgan fingerprint density at radius 1 is 1.00 bits per heavy atom. The van der Waals surface area contributed by atoms with Crippen LogP contribution in [-0.4, -0.2) is 31.3 Å². The highest BCUT2D eigenvalue weighted by atomic mass is 16.4. The van der Waals surface area contributed by atoms with Crippen molar-refractivity contribution in [1.82, 2.24) is 20.2 Å². The average Bonchev–Trinajstić information content (AvgIpc) is 3.12. The molecule has 2 aliphatic rings. The van der Waals surface area contributed by atoms with Gasteiger partial charge in [-0.25, -0.2) is 4.79 Å². The monoisotopic (exact) mass is 380 g/mol. The van der Waals surface area contributed by atoms with E-state index in [1.54, 1.807) is 24.3 Å². The van der Waals surface area contributed by atoms with E-state index >= 15 is 0 Å². The molecule has 1 N–H and O–H groups in total. The van der Waals surface area contributed by atoms with Crippen LogP contribution in [0.15, 0.2) is 72.8 Å². The summed E-state index contributed by atoms with van der Waals surface area (Å²) >= 11 is 0. The molecule has 0 atom stereocenters. The minimum Gasteiger partial charge on any atom is -0.478 e. The molecule has 0 amide bonds. The molecule has 6 nitrogen and oxygen atoms in total. The van der Waals surface area contributed by atoms with Gasteiger partial charge in [0.05, 0.1) is 12.1 Å². The molecule has 0 aliphatic heterocycles. The Hall–Kier alpha value is -4.24. The molecule has 29 heavy (non-hydrogen) atoms. The number of fused-ring (bicyclic) bond motifs is 1. The van der Waals surface area contributed by atoms with Crippen LogP contribution in [0.2, 0.25) is 0 Å². The van der Waals surface area contributed by atoms with Crippen LogP contribution in [0.3, 0.4) is 0 Å². The highest BCUT2D eigenvalue weighted by Crippen LogP contribution is 2.32. The molecule has 140 valence electrons. The largest absolute Gasteiger partial charge is 0.478 e. The van der Waals surface area contributed by atoms with Gasteiger partial charge in [0.15, 0.2) is 0 Å². The molecule has 0 spiro atoms. The molecule has 1 aromatic heterocycles. The lowest BCUT2D eigenvalue weighted by atomic mass is 10.1. The van der Waals surface area contributed by atoms with Gasteiger partial charge in [-0.3, -0.25) is 0 Å². The SMILES string of the molecule is C#Cc1ccccc1-c1nnn(Cc2ccc(C(=O)O)cc2)n1.c1cc2cc-2c1. The molecular weight excluding hydrogens is 364 g/mol. The fourth-order valence-electron chi connectivity index (χ4n) is 2.81. The summed E-state index contributed by atoms with van der Waals surface area (Å²) in [5.74, 6) is 2.10. The van der Waals surface area contributed by atoms with Crippen LogP contribution in [0.25, 0.3) is 22.5 Å². The van der Waals surface area contributed by atoms with E-state index < -0.39 is 5.97 Å². The molecule has 0 bridgehead atoms. The van der Waals surface area contributed by atoms with Crippen LogP contribution in [0.5, 0.6) is 0 Å². The summed E-state index contributed by atoms with van der Waals surface area (Å²) in [6.45, 7) is 0.394. The lowest BCUT2D eigenvalue weighted by Gasteiger charge is -2.01. The third kappa shape index (κ3) is 4.20. The van der Waals surface area contributed by atoms with E-state index in [0.717, 1.165) is 11.1 Å². The lowest BCUT2D eigenvalue weighted by Crippen LogP contribution is -2.05. The summed E-state index contributed by atoms with van der Waals surface area (Å²) in [5.41, 5.74) is 5.43. The first-order valence-electron chi connectivity index (χ1n) is 8.90. The van der Waals surface area contributed by atoms with Gasteiger partial charge in [-0.2, -0.15) is 4.80 Å². The summed E-state index contributed by atoms with van der Waals surface area (Å²) in [5, 5.41) is 21.3. The third-order valence-corrected chi connectivity index (χ3v) is 4.41. The van der Waals surface area contributed by atoms with Crippen LogP contribution >= 0.6 is 0 Å². The smallest absolute Gasteiger partial charge is 0.335 e. The topological polar surface area (TPSA) is 80.9 Å². The normalized spacial score (nSPS) is 10.4. The number of tetrazole rings is 1. The maximum Gasteiger partial charge on any atom is 0.335 e. The van der Waals surface area contributed by atoms with Gasteiger partial charge >= 0.3 is 5.97 Å². The number of benzene rings is 3. The molecule has 0 fully saturated rings. The molecule has 3 aromatic rings. The fraction of sp³-hybridized carbons (Fsp3) is 0.0435. The van der Waals surface area contributed by atoms with E-state index in [1.165, 1.54) is 15.9 Å². The van der Waals surface area contributed by atoms with Crippen molar-refractivity contribution in [1.29, 1.82) is 0 Å². The molecule has 5 rings (SSSR count). The molecule has 1 heterocycles. The molecule has 6 heteroatoms. The molecule has 0 saturated heterocycles.